The van der Waals surface area contributed by atoms with E-state index in [1.54, 1.807) is 36.5 Å². The third-order valence-corrected chi connectivity index (χ3v) is 4.84. The number of nitro groups is 1. The number of aliphatic imine (C=N–C) groups is 1. The van der Waals surface area contributed by atoms with Crippen molar-refractivity contribution in [3.63, 3.8) is 0 Å². The highest BCUT2D eigenvalue weighted by atomic mass is 16.6. The predicted molar refractivity (Wildman–Crippen MR) is 116 cm³/mol. The van der Waals surface area contributed by atoms with Gasteiger partial charge in [-0.3, -0.25) is 15.4 Å². The number of rotatable bonds is 3. The van der Waals surface area contributed by atoms with Crippen molar-refractivity contribution in [2.45, 2.75) is 6.04 Å². The summed E-state index contributed by atoms with van der Waals surface area (Å²) in [6.07, 6.45) is 2.98. The van der Waals surface area contributed by atoms with Gasteiger partial charge in [0.15, 0.2) is 6.19 Å². The van der Waals surface area contributed by atoms with E-state index in [1.165, 1.54) is 12.3 Å². The van der Waals surface area contributed by atoms with Crippen LogP contribution in [0, 0.1) is 32.9 Å². The lowest BCUT2D eigenvalue weighted by Crippen LogP contribution is -2.32. The van der Waals surface area contributed by atoms with Gasteiger partial charge in [-0.15, -0.1) is 0 Å². The first-order chi connectivity index (χ1) is 15.4. The SMILES string of the molecule is N#CNC1=NC(c2ccc(-c3ccc([N+](=O)[O-])cn3)cc2)c2c(nc(N)c(C#N)c2N)N1. The lowest BCUT2D eigenvalue weighted by molar-refractivity contribution is -0.385. The van der Waals surface area contributed by atoms with E-state index in [2.05, 4.69) is 25.6 Å². The molecule has 0 saturated heterocycles. The lowest BCUT2D eigenvalue weighted by atomic mass is 9.94. The minimum atomic E-state index is -0.666. The zero-order valence-electron chi connectivity index (χ0n) is 16.3. The van der Waals surface area contributed by atoms with Gasteiger partial charge in [0, 0.05) is 17.2 Å². The van der Waals surface area contributed by atoms with Crippen LogP contribution in [-0.2, 0) is 0 Å². The molecule has 4 rings (SSSR count). The van der Waals surface area contributed by atoms with Crippen molar-refractivity contribution in [3.8, 4) is 23.5 Å². The summed E-state index contributed by atoms with van der Waals surface area (Å²) < 4.78 is 0. The number of fused-ring (bicyclic) bond motifs is 1. The molecule has 1 aromatic carbocycles. The smallest absolute Gasteiger partial charge is 0.287 e. The van der Waals surface area contributed by atoms with Crippen LogP contribution >= 0.6 is 0 Å². The zero-order chi connectivity index (χ0) is 22.8. The highest BCUT2D eigenvalue weighted by Crippen LogP contribution is 2.40. The van der Waals surface area contributed by atoms with E-state index in [-0.39, 0.29) is 34.5 Å². The second-order valence-corrected chi connectivity index (χ2v) is 6.68. The summed E-state index contributed by atoms with van der Waals surface area (Å²) in [6.45, 7) is 0. The Hall–Kier alpha value is -5.23. The largest absolute Gasteiger partial charge is 0.397 e. The average Bonchev–Trinajstić information content (AvgIpc) is 2.79. The van der Waals surface area contributed by atoms with Gasteiger partial charge in [-0.2, -0.15) is 10.5 Å². The van der Waals surface area contributed by atoms with Crippen molar-refractivity contribution >= 4 is 29.0 Å². The van der Waals surface area contributed by atoms with Crippen LogP contribution in [0.4, 0.5) is 23.0 Å². The second-order valence-electron chi connectivity index (χ2n) is 6.68. The molecule has 12 heteroatoms. The van der Waals surface area contributed by atoms with Crippen LogP contribution in [-0.4, -0.2) is 20.9 Å². The molecule has 0 aliphatic carbocycles. The van der Waals surface area contributed by atoms with Crippen molar-refractivity contribution in [1.29, 1.82) is 10.5 Å². The van der Waals surface area contributed by atoms with Gasteiger partial charge in [0.1, 0.15) is 35.5 Å². The molecule has 3 aromatic rings. The van der Waals surface area contributed by atoms with E-state index in [4.69, 9.17) is 16.7 Å². The van der Waals surface area contributed by atoms with E-state index in [1.807, 2.05) is 6.07 Å². The Morgan fingerprint density at radius 2 is 1.91 bits per heavy atom. The maximum atomic E-state index is 10.8. The number of pyridine rings is 2. The number of nitrogens with zero attached hydrogens (tertiary/aromatic N) is 6. The number of nitrogens with two attached hydrogens (primary N) is 2. The molecular formula is C20H14N10O2. The summed E-state index contributed by atoms with van der Waals surface area (Å²) in [5.74, 6) is 0.410. The Morgan fingerprint density at radius 1 is 1.16 bits per heavy atom. The number of nitrogens with one attached hydrogen (secondary N) is 2. The first-order valence-corrected chi connectivity index (χ1v) is 9.12. The van der Waals surface area contributed by atoms with Crippen LogP contribution in [0.15, 0.2) is 47.6 Å². The Bertz CT molecular complexity index is 1340. The normalized spacial score (nSPS) is 14.2. The number of nitrogen functional groups attached to an aromatic ring is 2. The first-order valence-electron chi connectivity index (χ1n) is 9.12. The molecule has 0 amide bonds. The van der Waals surface area contributed by atoms with Crippen molar-refractivity contribution in [3.05, 3.63) is 69.4 Å². The molecule has 32 heavy (non-hydrogen) atoms. The quantitative estimate of drug-likeness (QED) is 0.207. The molecule has 2 aromatic heterocycles. The molecule has 1 aliphatic heterocycles. The monoisotopic (exact) mass is 426 g/mol. The molecule has 1 aliphatic rings. The van der Waals surface area contributed by atoms with Gasteiger partial charge in [0.25, 0.3) is 5.69 Å². The summed E-state index contributed by atoms with van der Waals surface area (Å²) >= 11 is 0. The number of aromatic nitrogens is 2. The number of benzene rings is 1. The number of anilines is 3. The van der Waals surface area contributed by atoms with Crippen molar-refractivity contribution in [2.24, 2.45) is 4.99 Å². The molecule has 0 spiro atoms. The zero-order valence-corrected chi connectivity index (χ0v) is 16.3. The van der Waals surface area contributed by atoms with Gasteiger partial charge in [0.05, 0.1) is 16.3 Å². The van der Waals surface area contributed by atoms with E-state index in [0.29, 0.717) is 16.8 Å². The van der Waals surface area contributed by atoms with E-state index in [9.17, 15) is 15.4 Å². The van der Waals surface area contributed by atoms with E-state index in [0.717, 1.165) is 5.56 Å². The molecule has 3 heterocycles. The highest BCUT2D eigenvalue weighted by molar-refractivity contribution is 5.98. The van der Waals surface area contributed by atoms with Crippen molar-refractivity contribution < 1.29 is 4.92 Å². The van der Waals surface area contributed by atoms with Gasteiger partial charge >= 0.3 is 0 Å². The Morgan fingerprint density at radius 3 is 2.50 bits per heavy atom. The summed E-state index contributed by atoms with van der Waals surface area (Å²) in [5.41, 5.74) is 14.6. The van der Waals surface area contributed by atoms with Crippen LogP contribution in [0.5, 0.6) is 0 Å². The topological polar surface area (TPSA) is 205 Å². The minimum absolute atomic E-state index is 0.0344. The molecule has 0 saturated carbocycles. The summed E-state index contributed by atoms with van der Waals surface area (Å²) in [6, 6.07) is 11.4. The van der Waals surface area contributed by atoms with E-state index >= 15 is 0 Å². The maximum Gasteiger partial charge on any atom is 0.287 e. The van der Waals surface area contributed by atoms with Crippen molar-refractivity contribution in [2.75, 3.05) is 16.8 Å². The third kappa shape index (κ3) is 3.44. The van der Waals surface area contributed by atoms with Gasteiger partial charge in [-0.05, 0) is 11.6 Å². The van der Waals surface area contributed by atoms with Crippen LogP contribution < -0.4 is 22.1 Å². The Kier molecular flexibility index (Phi) is 4.94. The molecule has 1 unspecified atom stereocenters. The molecular weight excluding hydrogens is 412 g/mol. The fraction of sp³-hybridized carbons (Fsp3) is 0.0500. The number of nitriles is 2. The van der Waals surface area contributed by atoms with Crippen LogP contribution in [0.3, 0.4) is 0 Å². The molecule has 0 bridgehead atoms. The van der Waals surface area contributed by atoms with Gasteiger partial charge in [-0.1, -0.05) is 24.3 Å². The fourth-order valence-corrected chi connectivity index (χ4v) is 3.32. The third-order valence-electron chi connectivity index (χ3n) is 4.84. The number of hydrogen-bond acceptors (Lipinski definition) is 11. The minimum Gasteiger partial charge on any atom is -0.397 e. The molecule has 156 valence electrons. The predicted octanol–water partition coefficient (Wildman–Crippen LogP) is 2.03. The molecule has 0 radical (unpaired) electrons. The highest BCUT2D eigenvalue weighted by Gasteiger charge is 2.29. The second kappa shape index (κ2) is 7.89. The van der Waals surface area contributed by atoms with Gasteiger partial charge in [0.2, 0.25) is 5.96 Å². The number of guanidine groups is 1. The number of hydrogen-bond donors (Lipinski definition) is 4. The fourth-order valence-electron chi connectivity index (χ4n) is 3.32. The molecule has 12 nitrogen and oxygen atoms in total. The van der Waals surface area contributed by atoms with E-state index < -0.39 is 11.0 Å². The van der Waals surface area contributed by atoms with Crippen LogP contribution in [0.1, 0.15) is 22.7 Å². The standard InChI is InChI=1S/C20H14N10O2/c21-7-13-16(23)15-17(27-20(26-9-22)29-19(15)28-18(13)24)11-3-1-10(2-4-11)14-6-5-12(8-25-14)30(31)32/h1-6,8,17H,(H6,23,24,26,27,28,29). The Balaban J connectivity index is 1.76. The summed E-state index contributed by atoms with van der Waals surface area (Å²) in [4.78, 5) is 23.1. The van der Waals surface area contributed by atoms with Crippen molar-refractivity contribution in [1.82, 2.24) is 15.3 Å². The lowest BCUT2D eigenvalue weighted by Gasteiger charge is -2.26. The van der Waals surface area contributed by atoms with Gasteiger partial charge in [-0.25, -0.2) is 15.0 Å². The molecule has 0 fully saturated rings. The average molecular weight is 426 g/mol. The van der Waals surface area contributed by atoms with Gasteiger partial charge < -0.3 is 16.8 Å². The summed E-state index contributed by atoms with van der Waals surface area (Å²) in [7, 11) is 0. The Labute approximate surface area is 181 Å². The first kappa shape index (κ1) is 20.1. The van der Waals surface area contributed by atoms with Crippen LogP contribution in [0.2, 0.25) is 0 Å². The maximum absolute atomic E-state index is 10.8. The molecule has 1 atom stereocenters. The van der Waals surface area contributed by atoms with Crippen LogP contribution in [0.25, 0.3) is 11.3 Å². The molecule has 6 N–H and O–H groups in total. The summed E-state index contributed by atoms with van der Waals surface area (Å²) in [5, 5.41) is 34.5.